The molecule has 1 heteroatoms. The smallest absolute Gasteiger partial charge is 0.185 e. The lowest BCUT2D eigenvalue weighted by Crippen LogP contribution is -1.95. The SMILES string of the molecule is C=CC(=O)c1ccc(C(CC)=C(CC)c2ccccc2)cc1. The van der Waals surface area contributed by atoms with Gasteiger partial charge in [-0.1, -0.05) is 75.0 Å². The first-order valence-electron chi connectivity index (χ1n) is 7.75. The molecule has 2 aromatic carbocycles. The molecule has 0 bridgehead atoms. The van der Waals surface area contributed by atoms with Crippen LogP contribution in [0.4, 0.5) is 0 Å². The van der Waals surface area contributed by atoms with Crippen molar-refractivity contribution < 1.29 is 4.79 Å². The standard InChI is InChI=1S/C21H22O/c1-4-19(16-10-8-7-9-11-16)20(5-2)17-12-14-18(15-13-17)21(22)6-3/h6-15H,3-5H2,1-2H3. The van der Waals surface area contributed by atoms with E-state index in [1.807, 2.05) is 30.3 Å². The molecule has 0 atom stereocenters. The summed E-state index contributed by atoms with van der Waals surface area (Å²) in [5.74, 6) is -0.0349. The molecule has 0 aliphatic rings. The second kappa shape index (κ2) is 7.56. The predicted octanol–water partition coefficient (Wildman–Crippen LogP) is 5.79. The molecule has 0 aliphatic heterocycles. The Labute approximate surface area is 133 Å². The highest BCUT2D eigenvalue weighted by Gasteiger charge is 2.09. The molecule has 2 rings (SSSR count). The summed E-state index contributed by atoms with van der Waals surface area (Å²) in [6, 6.07) is 18.3. The Bertz CT molecular complexity index is 676. The van der Waals surface area contributed by atoms with E-state index >= 15 is 0 Å². The second-order valence-corrected chi connectivity index (χ2v) is 5.18. The summed E-state index contributed by atoms with van der Waals surface area (Å²) in [4.78, 5) is 11.6. The third kappa shape index (κ3) is 3.43. The maximum atomic E-state index is 11.6. The zero-order valence-corrected chi connectivity index (χ0v) is 13.3. The Balaban J connectivity index is 2.48. The molecule has 0 saturated carbocycles. The molecule has 22 heavy (non-hydrogen) atoms. The summed E-state index contributed by atoms with van der Waals surface area (Å²) in [5.41, 5.74) is 5.85. The first kappa shape index (κ1) is 16.0. The molecule has 2 aromatic rings. The fourth-order valence-corrected chi connectivity index (χ4v) is 2.78. The average molecular weight is 290 g/mol. The molecular weight excluding hydrogens is 268 g/mol. The summed E-state index contributed by atoms with van der Waals surface area (Å²) in [5, 5.41) is 0. The molecular formula is C21H22O. The topological polar surface area (TPSA) is 17.1 Å². The average Bonchev–Trinajstić information content (AvgIpc) is 2.59. The van der Waals surface area contributed by atoms with Crippen molar-refractivity contribution in [1.29, 1.82) is 0 Å². The largest absolute Gasteiger partial charge is 0.289 e. The van der Waals surface area contributed by atoms with Crippen LogP contribution in [0.2, 0.25) is 0 Å². The first-order valence-corrected chi connectivity index (χ1v) is 7.75. The van der Waals surface area contributed by atoms with Gasteiger partial charge in [-0.2, -0.15) is 0 Å². The van der Waals surface area contributed by atoms with Crippen molar-refractivity contribution in [2.45, 2.75) is 26.7 Å². The van der Waals surface area contributed by atoms with Crippen molar-refractivity contribution in [3.63, 3.8) is 0 Å². The van der Waals surface area contributed by atoms with Crippen LogP contribution in [-0.2, 0) is 0 Å². The normalized spacial score (nSPS) is 11.7. The Morgan fingerprint density at radius 3 is 1.73 bits per heavy atom. The Hall–Kier alpha value is -2.41. The van der Waals surface area contributed by atoms with E-state index in [-0.39, 0.29) is 5.78 Å². The van der Waals surface area contributed by atoms with E-state index < -0.39 is 0 Å². The third-order valence-electron chi connectivity index (χ3n) is 3.90. The number of hydrogen-bond acceptors (Lipinski definition) is 1. The van der Waals surface area contributed by atoms with E-state index in [4.69, 9.17) is 0 Å². The monoisotopic (exact) mass is 290 g/mol. The van der Waals surface area contributed by atoms with Gasteiger partial charge in [-0.05, 0) is 41.2 Å². The molecule has 0 amide bonds. The molecule has 0 aliphatic carbocycles. The van der Waals surface area contributed by atoms with Gasteiger partial charge in [0.05, 0.1) is 0 Å². The summed E-state index contributed by atoms with van der Waals surface area (Å²) < 4.78 is 0. The van der Waals surface area contributed by atoms with Crippen molar-refractivity contribution in [3.05, 3.63) is 83.9 Å². The fourth-order valence-electron chi connectivity index (χ4n) is 2.78. The highest BCUT2D eigenvalue weighted by Crippen LogP contribution is 2.31. The van der Waals surface area contributed by atoms with Crippen molar-refractivity contribution >= 4 is 16.9 Å². The molecule has 0 unspecified atom stereocenters. The van der Waals surface area contributed by atoms with E-state index in [9.17, 15) is 4.79 Å². The van der Waals surface area contributed by atoms with Crippen molar-refractivity contribution in [3.8, 4) is 0 Å². The van der Waals surface area contributed by atoms with Crippen LogP contribution in [-0.4, -0.2) is 5.78 Å². The molecule has 1 nitrogen and oxygen atoms in total. The first-order chi connectivity index (χ1) is 10.7. The van der Waals surface area contributed by atoms with Crippen LogP contribution in [0.5, 0.6) is 0 Å². The van der Waals surface area contributed by atoms with Gasteiger partial charge >= 0.3 is 0 Å². The van der Waals surface area contributed by atoms with Crippen LogP contribution in [0.25, 0.3) is 11.1 Å². The number of ketones is 1. The minimum atomic E-state index is -0.0349. The van der Waals surface area contributed by atoms with Gasteiger partial charge in [-0.25, -0.2) is 0 Å². The molecule has 0 radical (unpaired) electrons. The van der Waals surface area contributed by atoms with Gasteiger partial charge in [0.1, 0.15) is 0 Å². The molecule has 112 valence electrons. The fraction of sp³-hybridized carbons (Fsp3) is 0.190. The number of benzene rings is 2. The number of carbonyl (C=O) groups is 1. The maximum absolute atomic E-state index is 11.6. The van der Waals surface area contributed by atoms with Gasteiger partial charge in [0.25, 0.3) is 0 Å². The van der Waals surface area contributed by atoms with Gasteiger partial charge in [-0.15, -0.1) is 0 Å². The van der Waals surface area contributed by atoms with E-state index in [0.717, 1.165) is 12.8 Å². The molecule has 0 spiro atoms. The maximum Gasteiger partial charge on any atom is 0.185 e. The third-order valence-corrected chi connectivity index (χ3v) is 3.90. The quantitative estimate of drug-likeness (QED) is 0.374. The lowest BCUT2D eigenvalue weighted by atomic mass is 9.91. The zero-order valence-electron chi connectivity index (χ0n) is 13.3. The Morgan fingerprint density at radius 2 is 1.27 bits per heavy atom. The van der Waals surface area contributed by atoms with Crippen LogP contribution in [0.15, 0.2) is 67.3 Å². The lowest BCUT2D eigenvalue weighted by Gasteiger charge is -2.14. The number of allylic oxidation sites excluding steroid dienone is 3. The van der Waals surface area contributed by atoms with E-state index in [1.54, 1.807) is 0 Å². The number of carbonyl (C=O) groups excluding carboxylic acids is 1. The lowest BCUT2D eigenvalue weighted by molar-refractivity contribution is 0.104. The van der Waals surface area contributed by atoms with Crippen LogP contribution >= 0.6 is 0 Å². The van der Waals surface area contributed by atoms with Crippen LogP contribution < -0.4 is 0 Å². The van der Waals surface area contributed by atoms with Gasteiger partial charge in [0.15, 0.2) is 5.78 Å². The van der Waals surface area contributed by atoms with Gasteiger partial charge in [0.2, 0.25) is 0 Å². The summed E-state index contributed by atoms with van der Waals surface area (Å²) >= 11 is 0. The Morgan fingerprint density at radius 1 is 0.818 bits per heavy atom. The van der Waals surface area contributed by atoms with Crippen LogP contribution in [0, 0.1) is 0 Å². The van der Waals surface area contributed by atoms with Gasteiger partial charge < -0.3 is 0 Å². The van der Waals surface area contributed by atoms with E-state index in [0.29, 0.717) is 5.56 Å². The molecule has 0 N–H and O–H groups in total. The van der Waals surface area contributed by atoms with Crippen molar-refractivity contribution in [2.75, 3.05) is 0 Å². The zero-order chi connectivity index (χ0) is 15.9. The van der Waals surface area contributed by atoms with Crippen LogP contribution in [0.3, 0.4) is 0 Å². The van der Waals surface area contributed by atoms with E-state index in [1.165, 1.54) is 28.3 Å². The minimum Gasteiger partial charge on any atom is -0.289 e. The second-order valence-electron chi connectivity index (χ2n) is 5.18. The molecule has 0 heterocycles. The number of hydrogen-bond donors (Lipinski definition) is 0. The van der Waals surface area contributed by atoms with Gasteiger partial charge in [0, 0.05) is 5.56 Å². The summed E-state index contributed by atoms with van der Waals surface area (Å²) in [7, 11) is 0. The van der Waals surface area contributed by atoms with Gasteiger partial charge in [-0.3, -0.25) is 4.79 Å². The highest BCUT2D eigenvalue weighted by molar-refractivity contribution is 6.04. The van der Waals surface area contributed by atoms with Crippen molar-refractivity contribution in [2.24, 2.45) is 0 Å². The van der Waals surface area contributed by atoms with E-state index in [2.05, 4.69) is 44.7 Å². The molecule has 0 saturated heterocycles. The minimum absolute atomic E-state index is 0.0349. The Kier molecular flexibility index (Phi) is 5.48. The summed E-state index contributed by atoms with van der Waals surface area (Å²) in [6.45, 7) is 7.90. The number of rotatable bonds is 6. The molecule has 0 fully saturated rings. The van der Waals surface area contributed by atoms with Crippen LogP contribution in [0.1, 0.15) is 48.2 Å². The summed E-state index contributed by atoms with van der Waals surface area (Å²) in [6.07, 6.45) is 3.31. The predicted molar refractivity (Wildman–Crippen MR) is 94.8 cm³/mol. The molecule has 0 aromatic heterocycles. The highest BCUT2D eigenvalue weighted by atomic mass is 16.1. The van der Waals surface area contributed by atoms with Crippen molar-refractivity contribution in [1.82, 2.24) is 0 Å².